The van der Waals surface area contributed by atoms with Gasteiger partial charge in [0.1, 0.15) is 6.54 Å². The molecular weight excluding hydrogens is 327 g/mol. The molecule has 1 N–H and O–H groups in total. The number of aromatic nitrogens is 2. The third-order valence-corrected chi connectivity index (χ3v) is 3.47. The second-order valence-electron chi connectivity index (χ2n) is 5.39. The Labute approximate surface area is 136 Å². The number of carbonyl (C=O) groups excluding carboxylic acids is 1. The van der Waals surface area contributed by atoms with Crippen LogP contribution in [0, 0.1) is 0 Å². The summed E-state index contributed by atoms with van der Waals surface area (Å²) >= 11 is 0. The molecule has 0 aliphatic rings. The van der Waals surface area contributed by atoms with E-state index in [4.69, 9.17) is 4.74 Å². The van der Waals surface area contributed by atoms with E-state index in [9.17, 15) is 23.1 Å². The summed E-state index contributed by atoms with van der Waals surface area (Å²) in [5, 5.41) is 9.63. The molecule has 2 rings (SSSR count). The molecule has 0 bridgehead atoms. The predicted octanol–water partition coefficient (Wildman–Crippen LogP) is 1.52. The van der Waals surface area contributed by atoms with E-state index in [0.29, 0.717) is 0 Å². The maximum atomic E-state index is 13.2. The van der Waals surface area contributed by atoms with Gasteiger partial charge in [0.05, 0.1) is 23.7 Å². The topological polar surface area (TPSA) is 67.6 Å². The molecule has 0 radical (unpaired) electrons. The Morgan fingerprint density at radius 3 is 2.71 bits per heavy atom. The smallest absolute Gasteiger partial charge is 0.389 e. The largest absolute Gasteiger partial charge is 0.449 e. The number of hydrogen-bond donors (Lipinski definition) is 1. The molecule has 1 unspecified atom stereocenters. The Hall–Kier alpha value is -2.13. The molecule has 0 aliphatic carbocycles. The highest BCUT2D eigenvalue weighted by Gasteiger charge is 2.38. The Bertz CT molecular complexity index is 715. The number of para-hydroxylation sites is 2. The standard InChI is InChI=1S/C15H18F3N3O3/c1-20(7-10(22)9-24-2)13(23)8-21-12-6-4-3-5-11(12)19-14(21)15(16,17)18/h3-6,10,22H,7-9H2,1-2H3. The van der Waals surface area contributed by atoms with Crippen molar-refractivity contribution in [1.82, 2.24) is 14.5 Å². The third-order valence-electron chi connectivity index (χ3n) is 3.47. The number of imidazole rings is 1. The number of amides is 1. The molecule has 1 aromatic carbocycles. The van der Waals surface area contributed by atoms with Crippen LogP contribution in [-0.2, 0) is 22.3 Å². The quantitative estimate of drug-likeness (QED) is 0.862. The summed E-state index contributed by atoms with van der Waals surface area (Å²) in [6.45, 7) is -0.536. The van der Waals surface area contributed by atoms with Gasteiger partial charge in [0.15, 0.2) is 0 Å². The summed E-state index contributed by atoms with van der Waals surface area (Å²) in [7, 11) is 2.81. The zero-order valence-corrected chi connectivity index (χ0v) is 13.2. The number of methoxy groups -OCH3 is 1. The SMILES string of the molecule is COCC(O)CN(C)C(=O)Cn1c(C(F)(F)F)nc2ccccc21. The van der Waals surface area contributed by atoms with Crippen molar-refractivity contribution < 1.29 is 27.8 Å². The van der Waals surface area contributed by atoms with E-state index in [1.807, 2.05) is 0 Å². The number of likely N-dealkylation sites (N-methyl/N-ethyl adjacent to an activating group) is 1. The van der Waals surface area contributed by atoms with Crippen LogP contribution in [0.2, 0.25) is 0 Å². The average molecular weight is 345 g/mol. The average Bonchev–Trinajstić information content (AvgIpc) is 2.86. The van der Waals surface area contributed by atoms with Crippen LogP contribution in [0.5, 0.6) is 0 Å². The van der Waals surface area contributed by atoms with Gasteiger partial charge in [-0.2, -0.15) is 13.2 Å². The van der Waals surface area contributed by atoms with Crippen LogP contribution in [0.1, 0.15) is 5.82 Å². The zero-order valence-electron chi connectivity index (χ0n) is 13.2. The van der Waals surface area contributed by atoms with Crippen LogP contribution >= 0.6 is 0 Å². The van der Waals surface area contributed by atoms with E-state index in [1.54, 1.807) is 12.1 Å². The van der Waals surface area contributed by atoms with Gasteiger partial charge in [0.2, 0.25) is 11.7 Å². The summed E-state index contributed by atoms with van der Waals surface area (Å²) in [5.41, 5.74) is 0.392. The number of alkyl halides is 3. The van der Waals surface area contributed by atoms with E-state index in [-0.39, 0.29) is 24.2 Å². The molecule has 0 aliphatic heterocycles. The number of aliphatic hydroxyl groups is 1. The summed E-state index contributed by atoms with van der Waals surface area (Å²) in [6.07, 6.45) is -5.58. The first-order valence-corrected chi connectivity index (χ1v) is 7.17. The number of aliphatic hydroxyl groups excluding tert-OH is 1. The Morgan fingerprint density at radius 2 is 2.08 bits per heavy atom. The van der Waals surface area contributed by atoms with E-state index < -0.39 is 30.6 Å². The van der Waals surface area contributed by atoms with E-state index >= 15 is 0 Å². The van der Waals surface area contributed by atoms with Crippen molar-refractivity contribution in [2.75, 3.05) is 27.3 Å². The van der Waals surface area contributed by atoms with Gasteiger partial charge < -0.3 is 19.3 Å². The molecule has 24 heavy (non-hydrogen) atoms. The van der Waals surface area contributed by atoms with Crippen molar-refractivity contribution in [3.63, 3.8) is 0 Å². The molecule has 1 amide bonds. The number of halogens is 3. The molecule has 0 fully saturated rings. The molecule has 9 heteroatoms. The minimum Gasteiger partial charge on any atom is -0.389 e. The van der Waals surface area contributed by atoms with Crippen molar-refractivity contribution in [2.45, 2.75) is 18.8 Å². The zero-order chi connectivity index (χ0) is 17.9. The fourth-order valence-electron chi connectivity index (χ4n) is 2.37. The maximum Gasteiger partial charge on any atom is 0.449 e. The van der Waals surface area contributed by atoms with Crippen LogP contribution in [0.15, 0.2) is 24.3 Å². The lowest BCUT2D eigenvalue weighted by Gasteiger charge is -2.21. The highest BCUT2D eigenvalue weighted by atomic mass is 19.4. The second kappa shape index (κ2) is 7.18. The summed E-state index contributed by atoms with van der Waals surface area (Å²) in [6, 6.07) is 6.09. The van der Waals surface area contributed by atoms with Crippen LogP contribution in [-0.4, -0.2) is 58.9 Å². The molecular formula is C15H18F3N3O3. The third kappa shape index (κ3) is 4.04. The van der Waals surface area contributed by atoms with E-state index in [2.05, 4.69) is 4.98 Å². The molecule has 6 nitrogen and oxygen atoms in total. The Kier molecular flexibility index (Phi) is 5.45. The Balaban J connectivity index is 2.26. The number of rotatable bonds is 6. The molecule has 0 spiro atoms. The number of nitrogens with zero attached hydrogens (tertiary/aromatic N) is 3. The first-order chi connectivity index (χ1) is 11.2. The van der Waals surface area contributed by atoms with Crippen LogP contribution in [0.25, 0.3) is 11.0 Å². The van der Waals surface area contributed by atoms with Gasteiger partial charge in [-0.3, -0.25) is 4.79 Å². The first kappa shape index (κ1) is 18.2. The molecule has 1 aromatic heterocycles. The highest BCUT2D eigenvalue weighted by molar-refractivity contribution is 5.81. The number of fused-ring (bicyclic) bond motifs is 1. The van der Waals surface area contributed by atoms with Crippen LogP contribution < -0.4 is 0 Å². The van der Waals surface area contributed by atoms with E-state index in [1.165, 1.54) is 31.2 Å². The van der Waals surface area contributed by atoms with E-state index in [0.717, 1.165) is 4.57 Å². The van der Waals surface area contributed by atoms with Crippen molar-refractivity contribution >= 4 is 16.9 Å². The van der Waals surface area contributed by atoms with Crippen molar-refractivity contribution in [2.24, 2.45) is 0 Å². The van der Waals surface area contributed by atoms with Crippen molar-refractivity contribution in [3.05, 3.63) is 30.1 Å². The normalized spacial score (nSPS) is 13.2. The van der Waals surface area contributed by atoms with Gasteiger partial charge in [0.25, 0.3) is 0 Å². The fourth-order valence-corrected chi connectivity index (χ4v) is 2.37. The molecule has 1 heterocycles. The monoisotopic (exact) mass is 345 g/mol. The van der Waals surface area contributed by atoms with Crippen LogP contribution in [0.4, 0.5) is 13.2 Å². The van der Waals surface area contributed by atoms with Crippen molar-refractivity contribution in [1.29, 1.82) is 0 Å². The lowest BCUT2D eigenvalue weighted by Crippen LogP contribution is -2.38. The second-order valence-corrected chi connectivity index (χ2v) is 5.39. The molecule has 0 saturated carbocycles. The summed E-state index contributed by atoms with van der Waals surface area (Å²) in [4.78, 5) is 17.0. The maximum absolute atomic E-state index is 13.2. The molecule has 132 valence electrons. The number of carbonyl (C=O) groups is 1. The Morgan fingerprint density at radius 1 is 1.42 bits per heavy atom. The van der Waals surface area contributed by atoms with Gasteiger partial charge in [-0.15, -0.1) is 0 Å². The fraction of sp³-hybridized carbons (Fsp3) is 0.467. The molecule has 1 atom stereocenters. The minimum atomic E-state index is -4.67. The van der Waals surface area contributed by atoms with Gasteiger partial charge in [-0.25, -0.2) is 4.98 Å². The minimum absolute atomic E-state index is 0.0272. The van der Waals surface area contributed by atoms with Gasteiger partial charge >= 0.3 is 6.18 Å². The van der Waals surface area contributed by atoms with Gasteiger partial charge in [-0.05, 0) is 12.1 Å². The molecule has 0 saturated heterocycles. The van der Waals surface area contributed by atoms with Gasteiger partial charge in [0, 0.05) is 20.7 Å². The first-order valence-electron chi connectivity index (χ1n) is 7.17. The number of hydrogen-bond acceptors (Lipinski definition) is 4. The lowest BCUT2D eigenvalue weighted by molar-refractivity contribution is -0.148. The number of ether oxygens (including phenoxy) is 1. The lowest BCUT2D eigenvalue weighted by atomic mass is 10.3. The van der Waals surface area contributed by atoms with Gasteiger partial charge in [-0.1, -0.05) is 12.1 Å². The van der Waals surface area contributed by atoms with Crippen LogP contribution in [0.3, 0.4) is 0 Å². The van der Waals surface area contributed by atoms with Crippen molar-refractivity contribution in [3.8, 4) is 0 Å². The predicted molar refractivity (Wildman–Crippen MR) is 80.3 cm³/mol. The number of benzene rings is 1. The highest BCUT2D eigenvalue weighted by Crippen LogP contribution is 2.31. The molecule has 2 aromatic rings. The summed E-state index contributed by atoms with van der Waals surface area (Å²) < 4.78 is 45.2. The summed E-state index contributed by atoms with van der Waals surface area (Å²) in [5.74, 6) is -1.69.